The summed E-state index contributed by atoms with van der Waals surface area (Å²) in [6.45, 7) is 7.24. The third-order valence-electron chi connectivity index (χ3n) is 4.37. The van der Waals surface area contributed by atoms with Gasteiger partial charge in [0.25, 0.3) is 0 Å². The van der Waals surface area contributed by atoms with Gasteiger partial charge in [0.15, 0.2) is 5.78 Å². The molecule has 31 heavy (non-hydrogen) atoms. The first-order valence-electron chi connectivity index (χ1n) is 9.61. The number of aromatic nitrogens is 2. The lowest BCUT2D eigenvalue weighted by Crippen LogP contribution is -2.27. The van der Waals surface area contributed by atoms with Gasteiger partial charge in [0.05, 0.1) is 23.7 Å². The number of Topliss-reactive ketones (excluding diaryl/α,β-unsaturated/α-hetero) is 1. The second-order valence-electron chi connectivity index (χ2n) is 6.64. The molecule has 0 fully saturated rings. The molecule has 0 spiro atoms. The molecule has 0 saturated heterocycles. The summed E-state index contributed by atoms with van der Waals surface area (Å²) in [7, 11) is 0. The number of pyridine rings is 2. The number of nitrogens with zero attached hydrogens (tertiary/aromatic N) is 2. The molecule has 0 bridgehead atoms. The lowest BCUT2D eigenvalue weighted by Gasteiger charge is -2.18. The van der Waals surface area contributed by atoms with Crippen LogP contribution in [-0.4, -0.2) is 28.5 Å². The van der Waals surface area contributed by atoms with Gasteiger partial charge in [-0.05, 0) is 42.8 Å². The van der Waals surface area contributed by atoms with Gasteiger partial charge >= 0.3 is 6.09 Å². The Morgan fingerprint density at radius 1 is 1.13 bits per heavy atom. The molecule has 0 aliphatic rings. The van der Waals surface area contributed by atoms with E-state index in [1.807, 2.05) is 30.3 Å². The zero-order valence-corrected chi connectivity index (χ0v) is 17.3. The molecule has 2 heterocycles. The first kappa shape index (κ1) is 21.5. The summed E-state index contributed by atoms with van der Waals surface area (Å²) in [5.74, 6) is 0.106. The van der Waals surface area contributed by atoms with Gasteiger partial charge in [-0.2, -0.15) is 0 Å². The minimum absolute atomic E-state index is 0.104. The Morgan fingerprint density at radius 3 is 2.55 bits per heavy atom. The number of alkyl carbamates (subject to hydrolysis) is 1. The second-order valence-corrected chi connectivity index (χ2v) is 6.64. The van der Waals surface area contributed by atoms with Crippen LogP contribution in [0.5, 0.6) is 0 Å². The highest BCUT2D eigenvalue weighted by Crippen LogP contribution is 2.37. The minimum Gasteiger partial charge on any atom is -0.450 e. The fraction of sp³-hybridized carbons (Fsp3) is 0.130. The van der Waals surface area contributed by atoms with Crippen LogP contribution in [0.15, 0.2) is 67.3 Å². The molecular formula is C23H23N5O3. The largest absolute Gasteiger partial charge is 0.450 e. The standard InChI is InChI=1S/C23H23N5O3/c1-4-31-23(30)28-15(3)27-22-18(21-7-5-6-10-25-21)11-17(12-19(22)24)16-8-9-20(14(2)29)26-13-16/h5-13,27H,3-4,24H2,1-2H3,(H,28,30). The number of anilines is 2. The summed E-state index contributed by atoms with van der Waals surface area (Å²) in [4.78, 5) is 31.8. The molecule has 158 valence electrons. The molecule has 1 aromatic carbocycles. The fourth-order valence-corrected chi connectivity index (χ4v) is 2.94. The van der Waals surface area contributed by atoms with Gasteiger partial charge in [-0.15, -0.1) is 0 Å². The van der Waals surface area contributed by atoms with Crippen molar-refractivity contribution in [2.24, 2.45) is 0 Å². The average Bonchev–Trinajstić information content (AvgIpc) is 2.75. The van der Waals surface area contributed by atoms with Gasteiger partial charge in [-0.1, -0.05) is 18.7 Å². The van der Waals surface area contributed by atoms with Crippen molar-refractivity contribution >= 4 is 23.3 Å². The summed E-state index contributed by atoms with van der Waals surface area (Å²) < 4.78 is 4.87. The van der Waals surface area contributed by atoms with E-state index < -0.39 is 6.09 Å². The van der Waals surface area contributed by atoms with Gasteiger partial charge in [0.2, 0.25) is 0 Å². The number of carbonyl (C=O) groups excluding carboxylic acids is 2. The van der Waals surface area contributed by atoms with Crippen molar-refractivity contribution in [1.29, 1.82) is 0 Å². The van der Waals surface area contributed by atoms with Crippen molar-refractivity contribution < 1.29 is 14.3 Å². The van der Waals surface area contributed by atoms with E-state index in [0.29, 0.717) is 28.3 Å². The highest BCUT2D eigenvalue weighted by Gasteiger charge is 2.15. The molecule has 0 atom stereocenters. The number of nitrogen functional groups attached to an aromatic ring is 1. The smallest absolute Gasteiger partial charge is 0.412 e. The van der Waals surface area contributed by atoms with Crippen LogP contribution in [0.2, 0.25) is 0 Å². The Kier molecular flexibility index (Phi) is 6.61. The maximum Gasteiger partial charge on any atom is 0.412 e. The monoisotopic (exact) mass is 417 g/mol. The first-order valence-corrected chi connectivity index (χ1v) is 9.61. The number of benzene rings is 1. The van der Waals surface area contributed by atoms with Gasteiger partial charge in [0, 0.05) is 30.4 Å². The summed E-state index contributed by atoms with van der Waals surface area (Å²) in [6.07, 6.45) is 2.69. The van der Waals surface area contributed by atoms with Gasteiger partial charge in [0.1, 0.15) is 11.5 Å². The first-order chi connectivity index (χ1) is 14.9. The number of carbonyl (C=O) groups is 2. The zero-order chi connectivity index (χ0) is 22.4. The molecule has 8 heteroatoms. The molecule has 3 rings (SSSR count). The Hall–Kier alpha value is -4.20. The third kappa shape index (κ3) is 5.24. The van der Waals surface area contributed by atoms with Crippen LogP contribution in [0.25, 0.3) is 22.4 Å². The quantitative estimate of drug-likeness (QED) is 0.389. The van der Waals surface area contributed by atoms with E-state index in [1.165, 1.54) is 6.92 Å². The maximum absolute atomic E-state index is 11.7. The zero-order valence-electron chi connectivity index (χ0n) is 17.3. The van der Waals surface area contributed by atoms with Crippen LogP contribution in [0.3, 0.4) is 0 Å². The third-order valence-corrected chi connectivity index (χ3v) is 4.37. The Labute approximate surface area is 180 Å². The summed E-state index contributed by atoms with van der Waals surface area (Å²) in [6, 6.07) is 12.7. The molecule has 0 saturated carbocycles. The normalized spacial score (nSPS) is 10.3. The number of hydrogen-bond acceptors (Lipinski definition) is 7. The van der Waals surface area contributed by atoms with Crippen molar-refractivity contribution in [3.63, 3.8) is 0 Å². The van der Waals surface area contributed by atoms with E-state index in [1.54, 1.807) is 31.5 Å². The Morgan fingerprint density at radius 2 is 1.94 bits per heavy atom. The van der Waals surface area contributed by atoms with Crippen molar-refractivity contribution in [1.82, 2.24) is 15.3 Å². The highest BCUT2D eigenvalue weighted by molar-refractivity contribution is 5.93. The van der Waals surface area contributed by atoms with Crippen LogP contribution in [0.1, 0.15) is 24.3 Å². The minimum atomic E-state index is -0.619. The van der Waals surface area contributed by atoms with E-state index in [-0.39, 0.29) is 18.2 Å². The number of nitrogens with two attached hydrogens (primary N) is 1. The highest BCUT2D eigenvalue weighted by atomic mass is 16.5. The molecule has 0 unspecified atom stereocenters. The van der Waals surface area contributed by atoms with Gasteiger partial charge in [-0.25, -0.2) is 4.79 Å². The molecule has 0 aliphatic heterocycles. The number of nitrogens with one attached hydrogen (secondary N) is 2. The average molecular weight is 417 g/mol. The number of hydrogen-bond donors (Lipinski definition) is 3. The number of amides is 1. The molecule has 1 amide bonds. The maximum atomic E-state index is 11.7. The summed E-state index contributed by atoms with van der Waals surface area (Å²) >= 11 is 0. The van der Waals surface area contributed by atoms with Crippen molar-refractivity contribution in [3.05, 3.63) is 73.0 Å². The van der Waals surface area contributed by atoms with E-state index >= 15 is 0 Å². The molecule has 8 nitrogen and oxygen atoms in total. The van der Waals surface area contributed by atoms with Crippen LogP contribution in [0, 0.1) is 0 Å². The predicted molar refractivity (Wildman–Crippen MR) is 120 cm³/mol. The van der Waals surface area contributed by atoms with Crippen molar-refractivity contribution in [3.8, 4) is 22.4 Å². The van der Waals surface area contributed by atoms with E-state index in [4.69, 9.17) is 10.5 Å². The number of ketones is 1. The van der Waals surface area contributed by atoms with Crippen LogP contribution >= 0.6 is 0 Å². The van der Waals surface area contributed by atoms with E-state index in [2.05, 4.69) is 27.2 Å². The second kappa shape index (κ2) is 9.53. The fourth-order valence-electron chi connectivity index (χ4n) is 2.94. The topological polar surface area (TPSA) is 119 Å². The van der Waals surface area contributed by atoms with Gasteiger partial charge < -0.3 is 15.8 Å². The lowest BCUT2D eigenvalue weighted by molar-refractivity contribution is 0.101. The molecule has 3 aromatic rings. The molecule has 4 N–H and O–H groups in total. The van der Waals surface area contributed by atoms with Crippen molar-refractivity contribution in [2.75, 3.05) is 17.7 Å². The molecule has 0 aliphatic carbocycles. The van der Waals surface area contributed by atoms with Crippen molar-refractivity contribution in [2.45, 2.75) is 13.8 Å². The molecular weight excluding hydrogens is 394 g/mol. The lowest BCUT2D eigenvalue weighted by atomic mass is 9.99. The van der Waals surface area contributed by atoms with Gasteiger partial charge in [-0.3, -0.25) is 20.1 Å². The van der Waals surface area contributed by atoms with Crippen LogP contribution in [0.4, 0.5) is 16.2 Å². The summed E-state index contributed by atoms with van der Waals surface area (Å²) in [5.41, 5.74) is 10.7. The Balaban J connectivity index is 2.02. The van der Waals surface area contributed by atoms with E-state index in [9.17, 15) is 9.59 Å². The van der Waals surface area contributed by atoms with E-state index in [0.717, 1.165) is 11.1 Å². The predicted octanol–water partition coefficient (Wildman–Crippen LogP) is 4.22. The number of ether oxygens (including phenoxy) is 1. The van der Waals surface area contributed by atoms with Crippen LogP contribution < -0.4 is 16.4 Å². The number of rotatable bonds is 7. The SMILES string of the molecule is C=C(NC(=O)OCC)Nc1c(N)cc(-c2ccc(C(C)=O)nc2)cc1-c1ccccn1. The molecule has 2 aromatic heterocycles. The van der Waals surface area contributed by atoms with Crippen LogP contribution in [-0.2, 0) is 4.74 Å². The summed E-state index contributed by atoms with van der Waals surface area (Å²) in [5, 5.41) is 5.55. The molecule has 0 radical (unpaired) electrons. The Bertz CT molecular complexity index is 1110.